The van der Waals surface area contributed by atoms with Gasteiger partial charge in [0.25, 0.3) is 0 Å². The normalized spacial score (nSPS) is 26.3. The summed E-state index contributed by atoms with van der Waals surface area (Å²) in [5.41, 5.74) is 0. The fourth-order valence-electron chi connectivity index (χ4n) is 1.58. The maximum atomic E-state index is 10.9. The van der Waals surface area contributed by atoms with Crippen molar-refractivity contribution >= 4 is 12.1 Å². The van der Waals surface area contributed by atoms with Crippen molar-refractivity contribution in [3.8, 4) is 0 Å². The SMILES string of the molecule is COC(=O)C[C@@H]1[C@@H](O)CCN1C(=O)O. The van der Waals surface area contributed by atoms with Crippen molar-refractivity contribution in [3.63, 3.8) is 0 Å². The Morgan fingerprint density at radius 1 is 1.57 bits per heavy atom. The number of hydrogen-bond acceptors (Lipinski definition) is 4. The second-order valence-electron chi connectivity index (χ2n) is 3.18. The molecular formula is C8H13NO5. The summed E-state index contributed by atoms with van der Waals surface area (Å²) in [7, 11) is 1.23. The summed E-state index contributed by atoms with van der Waals surface area (Å²) in [6.45, 7) is 0.262. The van der Waals surface area contributed by atoms with E-state index in [1.165, 1.54) is 7.11 Å². The van der Waals surface area contributed by atoms with E-state index in [9.17, 15) is 14.7 Å². The first-order valence-electron chi connectivity index (χ1n) is 4.30. The summed E-state index contributed by atoms with van der Waals surface area (Å²) in [5.74, 6) is -0.512. The Kier molecular flexibility index (Phi) is 3.29. The Labute approximate surface area is 81.1 Å². The zero-order chi connectivity index (χ0) is 10.7. The van der Waals surface area contributed by atoms with Gasteiger partial charge in [0.15, 0.2) is 0 Å². The molecule has 6 heteroatoms. The molecule has 0 spiro atoms. The Bertz CT molecular complexity index is 242. The van der Waals surface area contributed by atoms with E-state index >= 15 is 0 Å². The van der Waals surface area contributed by atoms with Crippen LogP contribution in [0.5, 0.6) is 0 Å². The lowest BCUT2D eigenvalue weighted by atomic mass is 10.1. The highest BCUT2D eigenvalue weighted by Gasteiger charge is 2.37. The third-order valence-electron chi connectivity index (χ3n) is 2.36. The van der Waals surface area contributed by atoms with Gasteiger partial charge in [0.05, 0.1) is 25.7 Å². The topological polar surface area (TPSA) is 87.1 Å². The highest BCUT2D eigenvalue weighted by atomic mass is 16.5. The third kappa shape index (κ3) is 2.14. The molecule has 2 atom stereocenters. The Hall–Kier alpha value is -1.30. The molecule has 0 bridgehead atoms. The Morgan fingerprint density at radius 2 is 2.21 bits per heavy atom. The van der Waals surface area contributed by atoms with Gasteiger partial charge in [-0.15, -0.1) is 0 Å². The number of rotatable bonds is 2. The monoisotopic (exact) mass is 203 g/mol. The van der Waals surface area contributed by atoms with Gasteiger partial charge in [-0.1, -0.05) is 0 Å². The fraction of sp³-hybridized carbons (Fsp3) is 0.750. The maximum Gasteiger partial charge on any atom is 0.407 e. The number of hydrogen-bond donors (Lipinski definition) is 2. The number of aliphatic hydroxyl groups excluding tert-OH is 1. The van der Waals surface area contributed by atoms with Crippen LogP contribution in [-0.2, 0) is 9.53 Å². The average molecular weight is 203 g/mol. The molecule has 1 saturated heterocycles. The van der Waals surface area contributed by atoms with Crippen LogP contribution < -0.4 is 0 Å². The van der Waals surface area contributed by atoms with Crippen molar-refractivity contribution in [3.05, 3.63) is 0 Å². The molecule has 1 aliphatic rings. The first kappa shape index (κ1) is 10.8. The quantitative estimate of drug-likeness (QED) is 0.599. The van der Waals surface area contributed by atoms with Crippen molar-refractivity contribution in [2.24, 2.45) is 0 Å². The molecule has 1 aliphatic heterocycles. The lowest BCUT2D eigenvalue weighted by Crippen LogP contribution is -2.40. The number of carbonyl (C=O) groups is 2. The van der Waals surface area contributed by atoms with E-state index in [1.54, 1.807) is 0 Å². The molecule has 0 saturated carbocycles. The molecule has 0 unspecified atom stereocenters. The van der Waals surface area contributed by atoms with Crippen LogP contribution in [0.1, 0.15) is 12.8 Å². The van der Waals surface area contributed by atoms with E-state index in [0.29, 0.717) is 6.42 Å². The van der Waals surface area contributed by atoms with E-state index in [0.717, 1.165) is 4.90 Å². The number of esters is 1. The minimum absolute atomic E-state index is 0.0933. The fourth-order valence-corrected chi connectivity index (χ4v) is 1.58. The molecule has 1 rings (SSSR count). The van der Waals surface area contributed by atoms with Gasteiger partial charge < -0.3 is 19.8 Å². The largest absolute Gasteiger partial charge is 0.469 e. The van der Waals surface area contributed by atoms with Gasteiger partial charge in [-0.25, -0.2) is 4.79 Å². The Balaban J connectivity index is 2.62. The summed E-state index contributed by atoms with van der Waals surface area (Å²) in [5, 5.41) is 18.2. The predicted molar refractivity (Wildman–Crippen MR) is 45.8 cm³/mol. The molecule has 0 aromatic heterocycles. The van der Waals surface area contributed by atoms with Gasteiger partial charge in [-0.2, -0.15) is 0 Å². The summed E-state index contributed by atoms with van der Waals surface area (Å²) < 4.78 is 4.42. The highest BCUT2D eigenvalue weighted by molar-refractivity contribution is 5.72. The average Bonchev–Trinajstić information content (AvgIpc) is 2.48. The van der Waals surface area contributed by atoms with Crippen LogP contribution in [-0.4, -0.2) is 53.0 Å². The molecule has 14 heavy (non-hydrogen) atoms. The van der Waals surface area contributed by atoms with E-state index in [4.69, 9.17) is 5.11 Å². The number of aliphatic hydroxyl groups is 1. The predicted octanol–water partition coefficient (Wildman–Crippen LogP) is -0.337. The standard InChI is InChI=1S/C8H13NO5/c1-14-7(11)4-5-6(10)2-3-9(5)8(12)13/h5-6,10H,2-4H2,1H3,(H,12,13)/t5-,6+/m1/s1. The van der Waals surface area contributed by atoms with Crippen molar-refractivity contribution < 1.29 is 24.5 Å². The zero-order valence-corrected chi connectivity index (χ0v) is 7.84. The third-order valence-corrected chi connectivity index (χ3v) is 2.36. The summed E-state index contributed by atoms with van der Waals surface area (Å²) in [6.07, 6.45) is -1.61. The molecule has 0 aliphatic carbocycles. The van der Waals surface area contributed by atoms with Crippen LogP contribution in [0, 0.1) is 0 Å². The van der Waals surface area contributed by atoms with Gasteiger partial charge in [0, 0.05) is 6.54 Å². The van der Waals surface area contributed by atoms with Gasteiger partial charge in [-0.05, 0) is 6.42 Å². The lowest BCUT2D eigenvalue weighted by molar-refractivity contribution is -0.142. The zero-order valence-electron chi connectivity index (χ0n) is 7.84. The molecule has 80 valence electrons. The Morgan fingerprint density at radius 3 is 2.71 bits per heavy atom. The van der Waals surface area contributed by atoms with E-state index < -0.39 is 24.2 Å². The number of ether oxygens (including phenoxy) is 1. The number of methoxy groups -OCH3 is 1. The molecule has 1 fully saturated rings. The number of nitrogens with zero attached hydrogens (tertiary/aromatic N) is 1. The van der Waals surface area contributed by atoms with Crippen LogP contribution in [0.4, 0.5) is 4.79 Å². The summed E-state index contributed by atoms with van der Waals surface area (Å²) in [4.78, 5) is 22.7. The van der Waals surface area contributed by atoms with Gasteiger partial charge >= 0.3 is 12.1 Å². The molecular weight excluding hydrogens is 190 g/mol. The molecule has 6 nitrogen and oxygen atoms in total. The van der Waals surface area contributed by atoms with Crippen LogP contribution in [0.3, 0.4) is 0 Å². The van der Waals surface area contributed by atoms with E-state index in [-0.39, 0.29) is 13.0 Å². The van der Waals surface area contributed by atoms with Gasteiger partial charge in [0.1, 0.15) is 0 Å². The molecule has 0 aromatic rings. The molecule has 1 heterocycles. The second kappa shape index (κ2) is 4.28. The minimum atomic E-state index is -1.12. The van der Waals surface area contributed by atoms with Gasteiger partial charge in [0.2, 0.25) is 0 Å². The number of likely N-dealkylation sites (tertiary alicyclic amines) is 1. The van der Waals surface area contributed by atoms with E-state index in [2.05, 4.69) is 4.74 Å². The first-order chi connectivity index (χ1) is 6.56. The lowest BCUT2D eigenvalue weighted by Gasteiger charge is -2.22. The van der Waals surface area contributed by atoms with Gasteiger partial charge in [-0.3, -0.25) is 4.79 Å². The first-order valence-corrected chi connectivity index (χ1v) is 4.30. The highest BCUT2D eigenvalue weighted by Crippen LogP contribution is 2.21. The van der Waals surface area contributed by atoms with Crippen molar-refractivity contribution in [2.75, 3.05) is 13.7 Å². The van der Waals surface area contributed by atoms with Crippen molar-refractivity contribution in [2.45, 2.75) is 25.0 Å². The molecule has 0 aromatic carbocycles. The summed E-state index contributed by atoms with van der Waals surface area (Å²) in [6, 6.07) is -0.667. The number of carbonyl (C=O) groups excluding carboxylic acids is 1. The molecule has 2 N–H and O–H groups in total. The molecule has 0 radical (unpaired) electrons. The van der Waals surface area contributed by atoms with Crippen molar-refractivity contribution in [1.82, 2.24) is 4.90 Å². The van der Waals surface area contributed by atoms with Crippen LogP contribution in [0.25, 0.3) is 0 Å². The second-order valence-corrected chi connectivity index (χ2v) is 3.18. The number of carboxylic acid groups (broad SMARTS) is 1. The smallest absolute Gasteiger partial charge is 0.407 e. The maximum absolute atomic E-state index is 10.9. The minimum Gasteiger partial charge on any atom is -0.469 e. The van der Waals surface area contributed by atoms with Crippen LogP contribution >= 0.6 is 0 Å². The van der Waals surface area contributed by atoms with Crippen LogP contribution in [0.15, 0.2) is 0 Å². The van der Waals surface area contributed by atoms with E-state index in [1.807, 2.05) is 0 Å². The number of amides is 1. The summed E-state index contributed by atoms with van der Waals surface area (Å²) >= 11 is 0. The molecule has 1 amide bonds. The van der Waals surface area contributed by atoms with Crippen molar-refractivity contribution in [1.29, 1.82) is 0 Å². The van der Waals surface area contributed by atoms with Crippen LogP contribution in [0.2, 0.25) is 0 Å².